The van der Waals surface area contributed by atoms with Crippen LogP contribution in [0.2, 0.25) is 0 Å². The van der Waals surface area contributed by atoms with E-state index in [1.807, 2.05) is 19.3 Å². The highest BCUT2D eigenvalue weighted by Gasteiger charge is 2.15. The van der Waals surface area contributed by atoms with Crippen LogP contribution in [0.25, 0.3) is 11.3 Å². The zero-order valence-corrected chi connectivity index (χ0v) is 17.2. The molecule has 3 aromatic rings. The van der Waals surface area contributed by atoms with Crippen molar-refractivity contribution in [2.45, 2.75) is 13.0 Å². The van der Waals surface area contributed by atoms with Gasteiger partial charge in [-0.1, -0.05) is 30.3 Å². The van der Waals surface area contributed by atoms with Crippen LogP contribution in [0.15, 0.2) is 60.8 Å². The van der Waals surface area contributed by atoms with Gasteiger partial charge in [-0.25, -0.2) is 0 Å². The highest BCUT2D eigenvalue weighted by molar-refractivity contribution is 5.85. The first-order valence-electron chi connectivity index (χ1n) is 9.30. The number of nitro benzene ring substituents is 1. The van der Waals surface area contributed by atoms with Crippen molar-refractivity contribution in [3.05, 3.63) is 82.0 Å². The van der Waals surface area contributed by atoms with Crippen molar-refractivity contribution >= 4 is 18.1 Å². The first-order chi connectivity index (χ1) is 13.6. The summed E-state index contributed by atoms with van der Waals surface area (Å²) in [7, 11) is 1.88. The van der Waals surface area contributed by atoms with Crippen LogP contribution in [-0.2, 0) is 20.0 Å². The summed E-state index contributed by atoms with van der Waals surface area (Å²) >= 11 is 0. The average molecular weight is 416 g/mol. The summed E-state index contributed by atoms with van der Waals surface area (Å²) in [6, 6.07) is 16.9. The number of aromatic nitrogens is 2. The maximum atomic E-state index is 10.9. The maximum absolute atomic E-state index is 10.9. The Kier molecular flexibility index (Phi) is 8.33. The Hall–Kier alpha value is -2.74. The SMILES string of the molecule is Cl.Cn1cc(CN(CCN)CCc2ccccc2)c(-c2ccc([N+](=O)[O-])cc2)n1. The van der Waals surface area contributed by atoms with Crippen LogP contribution < -0.4 is 5.73 Å². The van der Waals surface area contributed by atoms with Gasteiger partial charge in [0.1, 0.15) is 0 Å². The molecule has 8 heteroatoms. The van der Waals surface area contributed by atoms with Gasteiger partial charge in [0.05, 0.1) is 10.6 Å². The van der Waals surface area contributed by atoms with Gasteiger partial charge in [-0.15, -0.1) is 12.4 Å². The Morgan fingerprint density at radius 2 is 1.79 bits per heavy atom. The second-order valence-electron chi connectivity index (χ2n) is 6.78. The molecule has 1 aromatic heterocycles. The molecule has 154 valence electrons. The molecule has 2 N–H and O–H groups in total. The van der Waals surface area contributed by atoms with Crippen LogP contribution in [0, 0.1) is 10.1 Å². The Morgan fingerprint density at radius 1 is 1.10 bits per heavy atom. The zero-order valence-electron chi connectivity index (χ0n) is 16.4. The minimum absolute atomic E-state index is 0. The summed E-state index contributed by atoms with van der Waals surface area (Å²) in [6.07, 6.45) is 2.96. The Morgan fingerprint density at radius 3 is 2.41 bits per heavy atom. The van der Waals surface area contributed by atoms with Gasteiger partial charge in [0.2, 0.25) is 0 Å². The maximum Gasteiger partial charge on any atom is 0.269 e. The number of non-ortho nitro benzene ring substituents is 1. The number of nitro groups is 1. The summed E-state index contributed by atoms with van der Waals surface area (Å²) in [5, 5.41) is 15.5. The molecule has 2 aromatic carbocycles. The topological polar surface area (TPSA) is 90.2 Å². The number of benzene rings is 2. The van der Waals surface area contributed by atoms with Gasteiger partial charge in [0.15, 0.2) is 0 Å². The Balaban J connectivity index is 0.00000300. The van der Waals surface area contributed by atoms with Crippen molar-refractivity contribution in [1.82, 2.24) is 14.7 Å². The molecule has 0 unspecified atom stereocenters. The van der Waals surface area contributed by atoms with Gasteiger partial charge >= 0.3 is 0 Å². The van der Waals surface area contributed by atoms with Crippen LogP contribution >= 0.6 is 12.4 Å². The smallest absolute Gasteiger partial charge is 0.269 e. The van der Waals surface area contributed by atoms with Crippen molar-refractivity contribution < 1.29 is 4.92 Å². The summed E-state index contributed by atoms with van der Waals surface area (Å²) in [6.45, 7) is 3.00. The van der Waals surface area contributed by atoms with E-state index in [0.717, 1.165) is 42.9 Å². The summed E-state index contributed by atoms with van der Waals surface area (Å²) in [4.78, 5) is 12.8. The second-order valence-corrected chi connectivity index (χ2v) is 6.78. The number of halogens is 1. The quantitative estimate of drug-likeness (QED) is 0.427. The van der Waals surface area contributed by atoms with E-state index in [4.69, 9.17) is 5.73 Å². The van der Waals surface area contributed by atoms with Crippen molar-refractivity contribution in [3.63, 3.8) is 0 Å². The lowest BCUT2D eigenvalue weighted by atomic mass is 10.1. The van der Waals surface area contributed by atoms with Gasteiger partial charge in [-0.2, -0.15) is 5.10 Å². The molecule has 29 heavy (non-hydrogen) atoms. The lowest BCUT2D eigenvalue weighted by molar-refractivity contribution is -0.384. The summed E-state index contributed by atoms with van der Waals surface area (Å²) < 4.78 is 1.78. The molecule has 0 amide bonds. The van der Waals surface area contributed by atoms with Crippen LogP contribution in [0.1, 0.15) is 11.1 Å². The second kappa shape index (κ2) is 10.7. The molecule has 0 radical (unpaired) electrons. The van der Waals surface area contributed by atoms with E-state index in [9.17, 15) is 10.1 Å². The van der Waals surface area contributed by atoms with Crippen LogP contribution in [0.4, 0.5) is 5.69 Å². The van der Waals surface area contributed by atoms with Crippen LogP contribution in [-0.4, -0.2) is 39.2 Å². The molecule has 0 saturated carbocycles. The molecule has 0 aliphatic heterocycles. The monoisotopic (exact) mass is 415 g/mol. The lowest BCUT2D eigenvalue weighted by Crippen LogP contribution is -2.31. The minimum atomic E-state index is -0.393. The van der Waals surface area contributed by atoms with Crippen LogP contribution in [0.5, 0.6) is 0 Å². The van der Waals surface area contributed by atoms with Gasteiger partial charge in [-0.05, 0) is 24.1 Å². The van der Waals surface area contributed by atoms with Crippen molar-refractivity contribution in [1.29, 1.82) is 0 Å². The summed E-state index contributed by atoms with van der Waals surface area (Å²) in [5.41, 5.74) is 10.0. The predicted molar refractivity (Wildman–Crippen MR) is 117 cm³/mol. The third kappa shape index (κ3) is 6.12. The van der Waals surface area contributed by atoms with E-state index < -0.39 is 4.92 Å². The number of nitrogens with two attached hydrogens (primary N) is 1. The van der Waals surface area contributed by atoms with Gasteiger partial charge in [0, 0.05) is 62.7 Å². The highest BCUT2D eigenvalue weighted by atomic mass is 35.5. The minimum Gasteiger partial charge on any atom is -0.329 e. The molecule has 7 nitrogen and oxygen atoms in total. The molecule has 0 fully saturated rings. The van der Waals surface area contributed by atoms with Gasteiger partial charge in [0.25, 0.3) is 5.69 Å². The van der Waals surface area contributed by atoms with Gasteiger partial charge in [-0.3, -0.25) is 19.7 Å². The van der Waals surface area contributed by atoms with Crippen molar-refractivity contribution in [2.75, 3.05) is 19.6 Å². The summed E-state index contributed by atoms with van der Waals surface area (Å²) in [5.74, 6) is 0. The third-order valence-electron chi connectivity index (χ3n) is 4.65. The molecule has 1 heterocycles. The van der Waals surface area contributed by atoms with Crippen molar-refractivity contribution in [3.8, 4) is 11.3 Å². The fraction of sp³-hybridized carbons (Fsp3) is 0.286. The molecule has 0 aliphatic rings. The van der Waals surface area contributed by atoms with E-state index in [0.29, 0.717) is 6.54 Å². The van der Waals surface area contributed by atoms with E-state index in [1.165, 1.54) is 17.7 Å². The number of hydrogen-bond acceptors (Lipinski definition) is 5. The fourth-order valence-electron chi connectivity index (χ4n) is 3.26. The first-order valence-corrected chi connectivity index (χ1v) is 9.30. The molecular formula is C21H26ClN5O2. The van der Waals surface area contributed by atoms with Crippen molar-refractivity contribution in [2.24, 2.45) is 12.8 Å². The first kappa shape index (κ1) is 22.5. The third-order valence-corrected chi connectivity index (χ3v) is 4.65. The van der Waals surface area contributed by atoms with E-state index in [-0.39, 0.29) is 18.1 Å². The normalized spacial score (nSPS) is 10.7. The fourth-order valence-corrected chi connectivity index (χ4v) is 3.26. The number of nitrogens with zero attached hydrogens (tertiary/aromatic N) is 4. The molecule has 0 spiro atoms. The number of aryl methyl sites for hydroxylation is 1. The molecule has 0 aliphatic carbocycles. The molecule has 3 rings (SSSR count). The predicted octanol–water partition coefficient (Wildman–Crippen LogP) is 3.42. The largest absolute Gasteiger partial charge is 0.329 e. The molecule has 0 saturated heterocycles. The molecule has 0 bridgehead atoms. The Labute approximate surface area is 176 Å². The number of rotatable bonds is 9. The highest BCUT2D eigenvalue weighted by Crippen LogP contribution is 2.25. The molecular weight excluding hydrogens is 390 g/mol. The van der Waals surface area contributed by atoms with E-state index >= 15 is 0 Å². The van der Waals surface area contributed by atoms with Crippen LogP contribution in [0.3, 0.4) is 0 Å². The zero-order chi connectivity index (χ0) is 19.9. The molecule has 0 atom stereocenters. The van der Waals surface area contributed by atoms with Gasteiger partial charge < -0.3 is 5.73 Å². The Bertz CT molecular complexity index is 913. The standard InChI is InChI=1S/C21H25N5O2.ClH/c1-24-15-19(21(23-24)18-7-9-20(10-8-18)26(27)28)16-25(14-12-22)13-11-17-5-3-2-4-6-17;/h2-10,15H,11-14,16,22H2,1H3;1H. The average Bonchev–Trinajstić information content (AvgIpc) is 3.07. The van der Waals surface area contributed by atoms with E-state index in [1.54, 1.807) is 16.8 Å². The number of hydrogen-bond donors (Lipinski definition) is 1. The van der Waals surface area contributed by atoms with E-state index in [2.05, 4.69) is 34.3 Å². The lowest BCUT2D eigenvalue weighted by Gasteiger charge is -2.21.